The van der Waals surface area contributed by atoms with E-state index in [0.717, 1.165) is 22.9 Å². The monoisotopic (exact) mass is 298 g/mol. The molecule has 5 heteroatoms. The first-order chi connectivity index (χ1) is 10.6. The Morgan fingerprint density at radius 2 is 1.91 bits per heavy atom. The number of hydrogen-bond acceptors (Lipinski definition) is 2. The van der Waals surface area contributed by atoms with Crippen molar-refractivity contribution in [2.75, 3.05) is 18.4 Å². The minimum absolute atomic E-state index is 0.234. The molecule has 114 valence electrons. The van der Waals surface area contributed by atoms with Crippen molar-refractivity contribution in [3.05, 3.63) is 42.5 Å². The van der Waals surface area contributed by atoms with Crippen LogP contribution in [0.15, 0.2) is 42.5 Å². The molecule has 1 atom stereocenters. The van der Waals surface area contributed by atoms with Gasteiger partial charge in [0, 0.05) is 18.5 Å². The lowest BCUT2D eigenvalue weighted by Gasteiger charge is -2.30. The van der Waals surface area contributed by atoms with Gasteiger partial charge in [0.25, 0.3) is 0 Å². The Balaban J connectivity index is 1.77. The van der Waals surface area contributed by atoms with E-state index in [1.807, 2.05) is 42.5 Å². The van der Waals surface area contributed by atoms with Gasteiger partial charge in [0.2, 0.25) is 0 Å². The summed E-state index contributed by atoms with van der Waals surface area (Å²) >= 11 is 0. The summed E-state index contributed by atoms with van der Waals surface area (Å²) < 4.78 is 0. The van der Waals surface area contributed by atoms with E-state index in [9.17, 15) is 9.59 Å². The maximum Gasteiger partial charge on any atom is 0.321 e. The summed E-state index contributed by atoms with van der Waals surface area (Å²) in [6, 6.07) is 13.4. The lowest BCUT2D eigenvalue weighted by atomic mass is 9.99. The number of likely N-dealkylation sites (tertiary alicyclic amines) is 1. The predicted molar refractivity (Wildman–Crippen MR) is 84.9 cm³/mol. The first-order valence-corrected chi connectivity index (χ1v) is 7.41. The van der Waals surface area contributed by atoms with Crippen LogP contribution < -0.4 is 5.32 Å². The third kappa shape index (κ3) is 2.88. The first kappa shape index (κ1) is 14.4. The van der Waals surface area contributed by atoms with Gasteiger partial charge in [-0.3, -0.25) is 4.79 Å². The van der Waals surface area contributed by atoms with E-state index in [0.29, 0.717) is 13.0 Å². The number of carboxylic acids is 1. The second-order valence-electron chi connectivity index (χ2n) is 5.58. The van der Waals surface area contributed by atoms with Crippen molar-refractivity contribution in [2.45, 2.75) is 12.8 Å². The molecule has 2 amide bonds. The van der Waals surface area contributed by atoms with Crippen LogP contribution in [-0.2, 0) is 4.79 Å². The molecule has 0 saturated carbocycles. The molecule has 2 N–H and O–H groups in total. The molecule has 1 fully saturated rings. The van der Waals surface area contributed by atoms with Crippen molar-refractivity contribution in [1.29, 1.82) is 0 Å². The van der Waals surface area contributed by atoms with E-state index < -0.39 is 11.9 Å². The Kier molecular flexibility index (Phi) is 3.96. The maximum absolute atomic E-state index is 12.4. The van der Waals surface area contributed by atoms with Crippen LogP contribution in [0.5, 0.6) is 0 Å². The standard InChI is InChI=1S/C17H18N2O3/c20-16(21)13-7-4-10-19(11-13)17(22)18-15-9-3-6-12-5-1-2-8-14(12)15/h1-3,5-6,8-9,13H,4,7,10-11H2,(H,18,22)(H,20,21). The molecule has 1 saturated heterocycles. The Hall–Kier alpha value is -2.56. The number of urea groups is 1. The number of piperidine rings is 1. The zero-order valence-electron chi connectivity index (χ0n) is 12.2. The molecule has 22 heavy (non-hydrogen) atoms. The summed E-state index contributed by atoms with van der Waals surface area (Å²) in [6.45, 7) is 0.867. The van der Waals surface area contributed by atoms with Crippen LogP contribution >= 0.6 is 0 Å². The Labute approximate surface area is 128 Å². The zero-order valence-corrected chi connectivity index (χ0v) is 12.2. The molecule has 0 radical (unpaired) electrons. The van der Waals surface area contributed by atoms with Crippen molar-refractivity contribution in [2.24, 2.45) is 5.92 Å². The highest BCUT2D eigenvalue weighted by Gasteiger charge is 2.28. The number of hydrogen-bond donors (Lipinski definition) is 2. The van der Waals surface area contributed by atoms with E-state index >= 15 is 0 Å². The van der Waals surface area contributed by atoms with Gasteiger partial charge >= 0.3 is 12.0 Å². The number of carboxylic acid groups (broad SMARTS) is 1. The summed E-state index contributed by atoms with van der Waals surface area (Å²) in [5, 5.41) is 14.1. The van der Waals surface area contributed by atoms with Crippen LogP contribution in [0.25, 0.3) is 10.8 Å². The van der Waals surface area contributed by atoms with Crippen molar-refractivity contribution in [3.8, 4) is 0 Å². The van der Waals surface area contributed by atoms with Gasteiger partial charge < -0.3 is 15.3 Å². The summed E-state index contributed by atoms with van der Waals surface area (Å²) in [4.78, 5) is 25.1. The van der Waals surface area contributed by atoms with Crippen LogP contribution in [-0.4, -0.2) is 35.1 Å². The van der Waals surface area contributed by atoms with Crippen LogP contribution in [0.2, 0.25) is 0 Å². The molecule has 0 bridgehead atoms. The molecular formula is C17H18N2O3. The summed E-state index contributed by atoms with van der Waals surface area (Å²) in [5.41, 5.74) is 0.751. The Morgan fingerprint density at radius 1 is 1.14 bits per heavy atom. The van der Waals surface area contributed by atoms with E-state index in [1.165, 1.54) is 0 Å². The van der Waals surface area contributed by atoms with E-state index in [4.69, 9.17) is 5.11 Å². The molecule has 1 unspecified atom stereocenters. The van der Waals surface area contributed by atoms with Gasteiger partial charge in [-0.05, 0) is 24.3 Å². The van der Waals surface area contributed by atoms with Crippen molar-refractivity contribution < 1.29 is 14.7 Å². The van der Waals surface area contributed by atoms with Crippen molar-refractivity contribution in [3.63, 3.8) is 0 Å². The Bertz CT molecular complexity index is 709. The molecule has 1 heterocycles. The smallest absolute Gasteiger partial charge is 0.321 e. The lowest BCUT2D eigenvalue weighted by Crippen LogP contribution is -2.44. The van der Waals surface area contributed by atoms with Crippen LogP contribution in [0.1, 0.15) is 12.8 Å². The number of aliphatic carboxylic acids is 1. The Morgan fingerprint density at radius 3 is 2.73 bits per heavy atom. The molecule has 3 rings (SSSR count). The summed E-state index contributed by atoms with van der Waals surface area (Å²) in [5.74, 6) is -1.30. The molecule has 1 aliphatic rings. The number of amides is 2. The van der Waals surface area contributed by atoms with Gasteiger partial charge in [0.05, 0.1) is 11.6 Å². The van der Waals surface area contributed by atoms with E-state index in [-0.39, 0.29) is 12.6 Å². The maximum atomic E-state index is 12.4. The van der Waals surface area contributed by atoms with Gasteiger partial charge in [0.15, 0.2) is 0 Å². The normalized spacial score (nSPS) is 18.2. The fourth-order valence-corrected chi connectivity index (χ4v) is 2.89. The van der Waals surface area contributed by atoms with Gasteiger partial charge in [-0.25, -0.2) is 4.79 Å². The molecule has 5 nitrogen and oxygen atoms in total. The number of benzene rings is 2. The number of nitrogens with zero attached hydrogens (tertiary/aromatic N) is 1. The topological polar surface area (TPSA) is 69.6 Å². The van der Waals surface area contributed by atoms with Gasteiger partial charge in [-0.2, -0.15) is 0 Å². The highest BCUT2D eigenvalue weighted by molar-refractivity contribution is 6.01. The molecule has 0 aromatic heterocycles. The zero-order chi connectivity index (χ0) is 15.5. The third-order valence-electron chi connectivity index (χ3n) is 4.09. The van der Waals surface area contributed by atoms with Crippen LogP contribution in [0.4, 0.5) is 10.5 Å². The van der Waals surface area contributed by atoms with E-state index in [1.54, 1.807) is 4.90 Å². The highest BCUT2D eigenvalue weighted by atomic mass is 16.4. The lowest BCUT2D eigenvalue weighted by molar-refractivity contribution is -0.143. The third-order valence-corrected chi connectivity index (χ3v) is 4.09. The largest absolute Gasteiger partial charge is 0.481 e. The average molecular weight is 298 g/mol. The number of carbonyl (C=O) groups excluding carboxylic acids is 1. The van der Waals surface area contributed by atoms with Crippen molar-refractivity contribution >= 4 is 28.5 Å². The summed E-state index contributed by atoms with van der Waals surface area (Å²) in [6.07, 6.45) is 1.35. The molecule has 2 aromatic rings. The molecule has 0 aliphatic carbocycles. The minimum Gasteiger partial charge on any atom is -0.481 e. The second-order valence-corrected chi connectivity index (χ2v) is 5.58. The second kappa shape index (κ2) is 6.05. The number of anilines is 1. The summed E-state index contributed by atoms with van der Waals surface area (Å²) in [7, 11) is 0. The van der Waals surface area contributed by atoms with Crippen LogP contribution in [0.3, 0.4) is 0 Å². The fraction of sp³-hybridized carbons (Fsp3) is 0.294. The average Bonchev–Trinajstić information content (AvgIpc) is 2.55. The first-order valence-electron chi connectivity index (χ1n) is 7.41. The number of carbonyl (C=O) groups is 2. The predicted octanol–water partition coefficient (Wildman–Crippen LogP) is 3.17. The van der Waals surface area contributed by atoms with Gasteiger partial charge in [-0.1, -0.05) is 36.4 Å². The van der Waals surface area contributed by atoms with Crippen molar-refractivity contribution in [1.82, 2.24) is 4.90 Å². The number of nitrogens with one attached hydrogen (secondary N) is 1. The molecule has 0 spiro atoms. The van der Waals surface area contributed by atoms with Crippen LogP contribution in [0, 0.1) is 5.92 Å². The van der Waals surface area contributed by atoms with Gasteiger partial charge in [0.1, 0.15) is 0 Å². The molecule has 2 aromatic carbocycles. The van der Waals surface area contributed by atoms with Gasteiger partial charge in [-0.15, -0.1) is 0 Å². The highest BCUT2D eigenvalue weighted by Crippen LogP contribution is 2.24. The number of rotatable bonds is 2. The quantitative estimate of drug-likeness (QED) is 0.894. The number of fused-ring (bicyclic) bond motifs is 1. The fourth-order valence-electron chi connectivity index (χ4n) is 2.89. The SMILES string of the molecule is O=C(O)C1CCCN(C(=O)Nc2cccc3ccccc23)C1. The molecule has 1 aliphatic heterocycles. The minimum atomic E-state index is -0.831. The molecular weight excluding hydrogens is 280 g/mol. The van der Waals surface area contributed by atoms with E-state index in [2.05, 4.69) is 5.32 Å².